The van der Waals surface area contributed by atoms with Crippen LogP contribution >= 0.6 is 12.4 Å². The number of carbonyl (C=O) groups excluding carboxylic acids is 1. The number of amides is 1. The molecule has 1 amide bonds. The summed E-state index contributed by atoms with van der Waals surface area (Å²) < 4.78 is 40.4. The fourth-order valence-electron chi connectivity index (χ4n) is 3.99. The van der Waals surface area contributed by atoms with Crippen LogP contribution in [0.15, 0.2) is 53.2 Å². The number of hydrogen-bond donors (Lipinski definition) is 1. The van der Waals surface area contributed by atoms with Crippen LogP contribution in [0.5, 0.6) is 0 Å². The molecule has 0 atom stereocenters. The lowest BCUT2D eigenvalue weighted by Gasteiger charge is -2.16. The number of nitrogens with zero attached hydrogens (tertiary/aromatic N) is 4. The minimum atomic E-state index is -3.42. The van der Waals surface area contributed by atoms with Gasteiger partial charge in [0.05, 0.1) is 22.7 Å². The highest BCUT2D eigenvalue weighted by atomic mass is 35.5. The summed E-state index contributed by atoms with van der Waals surface area (Å²) >= 11 is 0. The first-order chi connectivity index (χ1) is 15.8. The molecule has 0 aliphatic carbocycles. The summed E-state index contributed by atoms with van der Waals surface area (Å²) in [6.45, 7) is 2.84. The van der Waals surface area contributed by atoms with Gasteiger partial charge in [-0.15, -0.1) is 17.5 Å². The monoisotopic (exact) mass is 507 g/mol. The van der Waals surface area contributed by atoms with Crippen LogP contribution in [0.25, 0.3) is 22.2 Å². The van der Waals surface area contributed by atoms with E-state index in [9.17, 15) is 17.6 Å². The van der Waals surface area contributed by atoms with Gasteiger partial charge in [0.1, 0.15) is 11.3 Å². The molecule has 1 aromatic heterocycles. The van der Waals surface area contributed by atoms with Crippen LogP contribution in [0, 0.1) is 0 Å². The molecule has 0 radical (unpaired) electrons. The Balaban J connectivity index is 0.00000324. The minimum Gasteiger partial charge on any atom is -0.339 e. The van der Waals surface area contributed by atoms with Crippen LogP contribution in [0.1, 0.15) is 30.1 Å². The van der Waals surface area contributed by atoms with Gasteiger partial charge in [0, 0.05) is 30.8 Å². The van der Waals surface area contributed by atoms with E-state index in [1.54, 1.807) is 48.2 Å². The molecule has 8 nitrogen and oxygen atoms in total. The maximum absolute atomic E-state index is 14.2. The molecule has 11 heteroatoms. The Morgan fingerprint density at radius 1 is 1.21 bits per heavy atom. The number of benzene rings is 2. The van der Waals surface area contributed by atoms with Gasteiger partial charge in [-0.25, -0.2) is 17.5 Å². The predicted molar refractivity (Wildman–Crippen MR) is 131 cm³/mol. The molecule has 1 aliphatic heterocycles. The number of halogens is 2. The van der Waals surface area contributed by atoms with Gasteiger partial charge in [-0.05, 0) is 48.7 Å². The molecule has 0 spiro atoms. The maximum atomic E-state index is 14.2. The lowest BCUT2D eigenvalue weighted by Crippen LogP contribution is -2.27. The standard InChI is InChI=1S/C23H26FN5O3S.ClH/c1-2-33(31,32)19-7-5-6-16(12-19)20-13-17(23(30)28-10-3-4-11-28)14-21-22(20)26-27-29(21)15-18(24)8-9-25;/h5-8,12-14H,2-4,9-11,15,25H2,1H3;1H/b18-8-;. The van der Waals surface area contributed by atoms with Crippen molar-refractivity contribution in [2.24, 2.45) is 5.73 Å². The third kappa shape index (κ3) is 5.13. The second-order valence-corrected chi connectivity index (χ2v) is 10.2. The number of nitrogens with two attached hydrogens (primary N) is 1. The van der Waals surface area contributed by atoms with Crippen LogP contribution in [0.4, 0.5) is 4.39 Å². The van der Waals surface area contributed by atoms with E-state index in [4.69, 9.17) is 5.73 Å². The summed E-state index contributed by atoms with van der Waals surface area (Å²) in [5.74, 6) is -0.612. The van der Waals surface area contributed by atoms with Crippen molar-refractivity contribution in [1.82, 2.24) is 19.9 Å². The normalized spacial score (nSPS) is 14.4. The van der Waals surface area contributed by atoms with Crippen molar-refractivity contribution in [2.75, 3.05) is 25.4 Å². The molecule has 2 heterocycles. The van der Waals surface area contributed by atoms with Crippen molar-refractivity contribution in [3.63, 3.8) is 0 Å². The summed E-state index contributed by atoms with van der Waals surface area (Å²) in [4.78, 5) is 15.2. The van der Waals surface area contributed by atoms with E-state index in [2.05, 4.69) is 10.3 Å². The van der Waals surface area contributed by atoms with E-state index in [0.717, 1.165) is 12.8 Å². The first kappa shape index (κ1) is 25.8. The highest BCUT2D eigenvalue weighted by molar-refractivity contribution is 7.91. The van der Waals surface area contributed by atoms with Crippen molar-refractivity contribution in [2.45, 2.75) is 31.2 Å². The molecule has 1 saturated heterocycles. The number of sulfone groups is 1. The highest BCUT2D eigenvalue weighted by Gasteiger charge is 2.23. The molecule has 1 fully saturated rings. The number of hydrogen-bond acceptors (Lipinski definition) is 6. The van der Waals surface area contributed by atoms with Gasteiger partial charge in [-0.2, -0.15) is 0 Å². The Labute approximate surface area is 203 Å². The zero-order valence-electron chi connectivity index (χ0n) is 18.8. The number of aromatic nitrogens is 3. The van der Waals surface area contributed by atoms with Gasteiger partial charge < -0.3 is 10.6 Å². The fraction of sp³-hybridized carbons (Fsp3) is 0.348. The summed E-state index contributed by atoms with van der Waals surface area (Å²) in [6, 6.07) is 9.93. The molecule has 0 unspecified atom stereocenters. The third-order valence-corrected chi connectivity index (χ3v) is 7.52. The average molecular weight is 508 g/mol. The van der Waals surface area contributed by atoms with Crippen molar-refractivity contribution in [3.8, 4) is 11.1 Å². The Morgan fingerprint density at radius 2 is 1.94 bits per heavy atom. The molecule has 3 aromatic rings. The zero-order valence-corrected chi connectivity index (χ0v) is 20.4. The van der Waals surface area contributed by atoms with Gasteiger partial charge in [0.15, 0.2) is 9.84 Å². The topological polar surface area (TPSA) is 111 Å². The summed E-state index contributed by atoms with van der Waals surface area (Å²) in [5, 5.41) is 8.32. The molecule has 1 aliphatic rings. The lowest BCUT2D eigenvalue weighted by molar-refractivity contribution is 0.0793. The minimum absolute atomic E-state index is 0. The number of likely N-dealkylation sites (tertiary alicyclic amines) is 1. The molecule has 0 saturated carbocycles. The van der Waals surface area contributed by atoms with Gasteiger partial charge >= 0.3 is 0 Å². The SMILES string of the molecule is CCS(=O)(=O)c1cccc(-c2cc(C(=O)N3CCCC3)cc3c2nnn3C/C(F)=C/CN)c1.Cl. The number of carbonyl (C=O) groups is 1. The van der Waals surface area contributed by atoms with Crippen LogP contribution < -0.4 is 5.73 Å². The van der Waals surface area contributed by atoms with E-state index in [1.807, 2.05) is 0 Å². The van der Waals surface area contributed by atoms with Gasteiger partial charge in [0.2, 0.25) is 0 Å². The lowest BCUT2D eigenvalue weighted by atomic mass is 10.0. The smallest absolute Gasteiger partial charge is 0.253 e. The van der Waals surface area contributed by atoms with Crippen LogP contribution in [-0.4, -0.2) is 59.6 Å². The molecule has 182 valence electrons. The largest absolute Gasteiger partial charge is 0.339 e. The van der Waals surface area contributed by atoms with Crippen molar-refractivity contribution < 1.29 is 17.6 Å². The first-order valence-electron chi connectivity index (χ1n) is 10.9. The summed E-state index contributed by atoms with van der Waals surface area (Å²) in [7, 11) is -3.42. The van der Waals surface area contributed by atoms with Crippen molar-refractivity contribution in [3.05, 3.63) is 53.9 Å². The van der Waals surface area contributed by atoms with Crippen molar-refractivity contribution in [1.29, 1.82) is 0 Å². The van der Waals surface area contributed by atoms with E-state index < -0.39 is 15.7 Å². The molecule has 2 N–H and O–H groups in total. The van der Waals surface area contributed by atoms with E-state index in [0.29, 0.717) is 40.8 Å². The van der Waals surface area contributed by atoms with Gasteiger partial charge in [0.25, 0.3) is 5.91 Å². The summed E-state index contributed by atoms with van der Waals surface area (Å²) in [6.07, 6.45) is 3.16. The molecular weight excluding hydrogens is 481 g/mol. The quantitative estimate of drug-likeness (QED) is 0.525. The van der Waals surface area contributed by atoms with Crippen LogP contribution in [0.2, 0.25) is 0 Å². The molecule has 34 heavy (non-hydrogen) atoms. The Kier molecular flexibility index (Phi) is 8.06. The van der Waals surface area contributed by atoms with Crippen molar-refractivity contribution >= 4 is 39.2 Å². The zero-order chi connectivity index (χ0) is 23.6. The second kappa shape index (κ2) is 10.6. The van der Waals surface area contributed by atoms with E-state index in [1.165, 1.54) is 10.8 Å². The van der Waals surface area contributed by atoms with Crippen LogP contribution in [0.3, 0.4) is 0 Å². The third-order valence-electron chi connectivity index (χ3n) is 5.79. The van der Waals surface area contributed by atoms with Gasteiger partial charge in [-0.1, -0.05) is 24.3 Å². The number of rotatable bonds is 7. The Bertz CT molecular complexity index is 1330. The molecule has 2 aromatic carbocycles. The van der Waals surface area contributed by atoms with E-state index in [-0.39, 0.29) is 42.1 Å². The molecule has 4 rings (SSSR count). The maximum Gasteiger partial charge on any atom is 0.253 e. The molecular formula is C23H27ClFN5O3S. The summed E-state index contributed by atoms with van der Waals surface area (Å²) in [5.41, 5.74) is 7.93. The number of allylic oxidation sites excluding steroid dienone is 1. The fourth-order valence-corrected chi connectivity index (χ4v) is 4.92. The van der Waals surface area contributed by atoms with Crippen LogP contribution in [-0.2, 0) is 16.4 Å². The average Bonchev–Trinajstić information content (AvgIpc) is 3.49. The van der Waals surface area contributed by atoms with E-state index >= 15 is 0 Å². The Morgan fingerprint density at radius 3 is 2.62 bits per heavy atom. The Hall–Kier alpha value is -2.82. The predicted octanol–water partition coefficient (Wildman–Crippen LogP) is 3.36. The molecule has 0 bridgehead atoms. The highest BCUT2D eigenvalue weighted by Crippen LogP contribution is 2.31. The second-order valence-electron chi connectivity index (χ2n) is 7.96. The number of fused-ring (bicyclic) bond motifs is 1. The first-order valence-corrected chi connectivity index (χ1v) is 12.5. The van der Waals surface area contributed by atoms with Gasteiger partial charge in [-0.3, -0.25) is 4.79 Å².